The van der Waals surface area contributed by atoms with Crippen molar-refractivity contribution in [1.82, 2.24) is 0 Å². The number of aliphatic hydroxyl groups is 1. The summed E-state index contributed by atoms with van der Waals surface area (Å²) in [4.78, 5) is 38.3. The number of ketones is 1. The van der Waals surface area contributed by atoms with Crippen molar-refractivity contribution < 1.29 is 33.7 Å². The second-order valence-corrected chi connectivity index (χ2v) is 12.2. The lowest BCUT2D eigenvalue weighted by Gasteiger charge is -2.55. The van der Waals surface area contributed by atoms with Crippen molar-refractivity contribution in [3.63, 3.8) is 0 Å². The molecule has 5 rings (SSSR count). The summed E-state index contributed by atoms with van der Waals surface area (Å²) in [5.74, 6) is -0.585. The lowest BCUT2D eigenvalue weighted by atomic mass is 9.48. The normalized spacial score (nSPS) is 36.0. The minimum Gasteiger partial charge on any atom is -0.497 e. The van der Waals surface area contributed by atoms with Gasteiger partial charge in [-0.15, -0.1) is 6.58 Å². The van der Waals surface area contributed by atoms with Gasteiger partial charge >= 0.3 is 11.9 Å². The number of ether oxygens (including phenoxy) is 3. The Kier molecular flexibility index (Phi) is 8.41. The molecule has 0 amide bonds. The number of methoxy groups -OCH3 is 1. The van der Waals surface area contributed by atoms with Crippen molar-refractivity contribution in [3.8, 4) is 5.75 Å². The Bertz CT molecular complexity index is 1120. The zero-order valence-electron chi connectivity index (χ0n) is 23.6. The van der Waals surface area contributed by atoms with Crippen LogP contribution >= 0.6 is 0 Å². The van der Waals surface area contributed by atoms with E-state index in [1.807, 2.05) is 6.08 Å². The highest BCUT2D eigenvalue weighted by molar-refractivity contribution is 5.88. The second-order valence-electron chi connectivity index (χ2n) is 12.2. The number of carbonyl (C=O) groups excluding carboxylic acids is 3. The lowest BCUT2D eigenvalue weighted by molar-refractivity contribution is -0.171. The third-order valence-electron chi connectivity index (χ3n) is 10.2. The summed E-state index contributed by atoms with van der Waals surface area (Å²) in [6.07, 6.45) is 8.74. The van der Waals surface area contributed by atoms with Crippen molar-refractivity contribution >= 4 is 23.8 Å². The quantitative estimate of drug-likeness (QED) is 0.277. The Morgan fingerprint density at radius 1 is 1.10 bits per heavy atom. The van der Waals surface area contributed by atoms with Gasteiger partial charge in [-0.05, 0) is 73.1 Å². The molecular weight excluding hydrogens is 496 g/mol. The van der Waals surface area contributed by atoms with Gasteiger partial charge in [-0.25, -0.2) is 9.59 Å². The average Bonchev–Trinajstić information content (AvgIpc) is 3.32. The van der Waals surface area contributed by atoms with E-state index in [0.717, 1.165) is 37.7 Å². The molecule has 0 heterocycles. The molecule has 1 aromatic rings. The number of hydrogen-bond acceptors (Lipinski definition) is 7. The molecule has 39 heavy (non-hydrogen) atoms. The van der Waals surface area contributed by atoms with E-state index >= 15 is 0 Å². The number of benzene rings is 1. The van der Waals surface area contributed by atoms with E-state index in [0.29, 0.717) is 12.2 Å². The molecule has 2 bridgehead atoms. The third kappa shape index (κ3) is 5.43. The van der Waals surface area contributed by atoms with Gasteiger partial charge in [0, 0.05) is 29.2 Å². The minimum atomic E-state index is -0.646. The summed E-state index contributed by atoms with van der Waals surface area (Å²) in [5.41, 5.74) is -0.539. The molecule has 0 radical (unpaired) electrons. The number of Topliss-reactive ketones (excluding diaryl/α,β-unsaturated/α-hetero) is 1. The third-order valence-corrected chi connectivity index (χ3v) is 10.2. The molecule has 4 aliphatic rings. The molecule has 1 aromatic carbocycles. The molecule has 0 aliphatic heterocycles. The van der Waals surface area contributed by atoms with Crippen LogP contribution in [0.1, 0.15) is 64.9 Å². The molecule has 212 valence electrons. The first kappa shape index (κ1) is 29.1. The van der Waals surface area contributed by atoms with Crippen LogP contribution in [-0.4, -0.2) is 49.3 Å². The molecule has 7 atom stereocenters. The average molecular weight is 539 g/mol. The molecule has 0 saturated heterocycles. The van der Waals surface area contributed by atoms with Crippen molar-refractivity contribution in [2.24, 2.45) is 34.0 Å². The number of carbonyl (C=O) groups is 3. The van der Waals surface area contributed by atoms with Crippen LogP contribution in [0.5, 0.6) is 5.75 Å². The van der Waals surface area contributed by atoms with Gasteiger partial charge < -0.3 is 19.3 Å². The van der Waals surface area contributed by atoms with Gasteiger partial charge in [-0.3, -0.25) is 4.79 Å². The molecular formula is C32H42O7. The van der Waals surface area contributed by atoms with E-state index < -0.39 is 35.5 Å². The Morgan fingerprint density at radius 3 is 2.46 bits per heavy atom. The molecule has 7 nitrogen and oxygen atoms in total. The first-order valence-electron chi connectivity index (χ1n) is 14.0. The van der Waals surface area contributed by atoms with Crippen LogP contribution < -0.4 is 4.74 Å². The summed E-state index contributed by atoms with van der Waals surface area (Å²) in [7, 11) is 1.58. The monoisotopic (exact) mass is 538 g/mol. The van der Waals surface area contributed by atoms with Crippen LogP contribution in [0.25, 0.3) is 6.08 Å². The summed E-state index contributed by atoms with van der Waals surface area (Å²) >= 11 is 0. The summed E-state index contributed by atoms with van der Waals surface area (Å²) < 4.78 is 16.0. The molecule has 1 N–H and O–H groups in total. The van der Waals surface area contributed by atoms with E-state index in [9.17, 15) is 19.5 Å². The molecule has 0 aromatic heterocycles. The summed E-state index contributed by atoms with van der Waals surface area (Å²) in [5, 5.41) is 11.5. The van der Waals surface area contributed by atoms with Crippen molar-refractivity contribution in [2.75, 3.05) is 20.3 Å². The van der Waals surface area contributed by atoms with Crippen LogP contribution in [0.15, 0.2) is 43.0 Å². The van der Waals surface area contributed by atoms with Gasteiger partial charge in [0.1, 0.15) is 11.5 Å². The molecule has 1 spiro atoms. The first-order chi connectivity index (χ1) is 18.5. The van der Waals surface area contributed by atoms with Gasteiger partial charge in [0.25, 0.3) is 0 Å². The second kappa shape index (κ2) is 11.3. The SMILES string of the molecule is C=C[C@]1(C)CC[C@@H]2CC[C@]3(CCC(=O)[C@H]3[C@]2(C)COC(=O)COC(=O)/C=C/c2ccc(OC)cc2)[C@@H](C)[C@@H]1O. The number of esters is 2. The number of hydrogen-bond donors (Lipinski definition) is 1. The highest BCUT2D eigenvalue weighted by atomic mass is 16.6. The molecule has 4 saturated carbocycles. The fraction of sp³-hybridized carbons (Fsp3) is 0.594. The van der Waals surface area contributed by atoms with Crippen LogP contribution in [0.4, 0.5) is 0 Å². The lowest BCUT2D eigenvalue weighted by Crippen LogP contribution is -2.56. The first-order valence-corrected chi connectivity index (χ1v) is 14.0. The maximum Gasteiger partial charge on any atom is 0.344 e. The van der Waals surface area contributed by atoms with Crippen LogP contribution in [0, 0.1) is 34.0 Å². The van der Waals surface area contributed by atoms with Crippen molar-refractivity contribution in [2.45, 2.75) is 65.4 Å². The van der Waals surface area contributed by atoms with Crippen LogP contribution in [-0.2, 0) is 23.9 Å². The molecule has 7 heteroatoms. The Balaban J connectivity index is 1.43. The minimum absolute atomic E-state index is 0.0848. The standard InChI is InChI=1S/C32H42O7/c1-6-30(3)16-13-23-14-17-32(21(2)29(30)36)18-15-25(33)28(32)31(23,4)20-39-27(35)19-38-26(34)12-9-22-7-10-24(37-5)11-8-22/h6-12,21,23,28-29,36H,1,13-20H2,2-5H3/b12-9+/t21-,23+,28-,29-,30+,31+,32-/m0/s1. The predicted octanol–water partition coefficient (Wildman–Crippen LogP) is 5.16. The smallest absolute Gasteiger partial charge is 0.344 e. The number of rotatable bonds is 8. The Morgan fingerprint density at radius 2 is 1.79 bits per heavy atom. The summed E-state index contributed by atoms with van der Waals surface area (Å²) in [6.45, 7) is 9.83. The molecule has 4 aliphatic carbocycles. The highest BCUT2D eigenvalue weighted by Gasteiger charge is 2.65. The predicted molar refractivity (Wildman–Crippen MR) is 148 cm³/mol. The number of fused-ring (bicyclic) bond motifs is 5. The maximum absolute atomic E-state index is 13.4. The van der Waals surface area contributed by atoms with Gasteiger partial charge in [-0.2, -0.15) is 0 Å². The van der Waals surface area contributed by atoms with Crippen molar-refractivity contribution in [3.05, 3.63) is 48.6 Å². The van der Waals surface area contributed by atoms with Gasteiger partial charge in [-0.1, -0.05) is 39.0 Å². The topological polar surface area (TPSA) is 99.1 Å². The van der Waals surface area contributed by atoms with E-state index in [1.54, 1.807) is 37.5 Å². The maximum atomic E-state index is 13.4. The molecule has 0 unspecified atom stereocenters. The van der Waals surface area contributed by atoms with Crippen LogP contribution in [0.2, 0.25) is 0 Å². The van der Waals surface area contributed by atoms with Crippen LogP contribution in [0.3, 0.4) is 0 Å². The summed E-state index contributed by atoms with van der Waals surface area (Å²) in [6, 6.07) is 7.17. The fourth-order valence-electron chi connectivity index (χ4n) is 7.74. The largest absolute Gasteiger partial charge is 0.497 e. The Hall–Kier alpha value is -2.93. The van der Waals surface area contributed by atoms with Gasteiger partial charge in [0.15, 0.2) is 6.61 Å². The van der Waals surface area contributed by atoms with Crippen molar-refractivity contribution in [1.29, 1.82) is 0 Å². The van der Waals surface area contributed by atoms with Gasteiger partial charge in [0.2, 0.25) is 0 Å². The van der Waals surface area contributed by atoms with E-state index in [1.165, 1.54) is 6.08 Å². The molecule has 4 fully saturated rings. The Labute approximate surface area is 231 Å². The van der Waals surface area contributed by atoms with E-state index in [4.69, 9.17) is 14.2 Å². The number of aliphatic hydroxyl groups excluding tert-OH is 1. The fourth-order valence-corrected chi connectivity index (χ4v) is 7.74. The highest BCUT2D eigenvalue weighted by Crippen LogP contribution is 2.66. The zero-order valence-corrected chi connectivity index (χ0v) is 23.6. The zero-order chi connectivity index (χ0) is 28.4. The van der Waals surface area contributed by atoms with Gasteiger partial charge in [0.05, 0.1) is 19.8 Å². The van der Waals surface area contributed by atoms with E-state index in [2.05, 4.69) is 27.4 Å². The van der Waals surface area contributed by atoms with E-state index in [-0.39, 0.29) is 35.6 Å².